The van der Waals surface area contributed by atoms with E-state index in [1.165, 1.54) is 0 Å². The largest absolute Gasteiger partial charge is 0.455 e. The summed E-state index contributed by atoms with van der Waals surface area (Å²) in [7, 11) is 0. The lowest BCUT2D eigenvalue weighted by molar-refractivity contribution is -0.157. The molecule has 34 heavy (non-hydrogen) atoms. The third-order valence-corrected chi connectivity index (χ3v) is 6.08. The highest BCUT2D eigenvalue weighted by atomic mass is 16.6. The highest BCUT2D eigenvalue weighted by Gasteiger charge is 2.32. The van der Waals surface area contributed by atoms with Gasteiger partial charge in [-0.25, -0.2) is 4.79 Å². The molecule has 0 unspecified atom stereocenters. The molecule has 0 spiro atoms. The molecule has 2 heterocycles. The number of para-hydroxylation sites is 1. The molecule has 2 aliphatic heterocycles. The van der Waals surface area contributed by atoms with Gasteiger partial charge in [0.15, 0.2) is 6.61 Å². The molecule has 1 aromatic rings. The quantitative estimate of drug-likeness (QED) is 0.659. The summed E-state index contributed by atoms with van der Waals surface area (Å²) in [6.07, 6.45) is 1.72. The molecule has 3 rings (SSSR count). The van der Waals surface area contributed by atoms with Crippen LogP contribution in [0.5, 0.6) is 0 Å². The van der Waals surface area contributed by atoms with Crippen LogP contribution in [0.15, 0.2) is 30.3 Å². The number of nitrogens with one attached hydrogen (secondary N) is 1. The van der Waals surface area contributed by atoms with Gasteiger partial charge in [-0.05, 0) is 58.6 Å². The monoisotopic (exact) mass is 473 g/mol. The molecule has 2 saturated heterocycles. The SMILES string of the molecule is CC(C)(C)OC(=O)N1CCC(C(=O)OCC(=O)N2CCC(C(=O)Nc3ccccc3)CC2)CC1. The molecule has 9 nitrogen and oxygen atoms in total. The van der Waals surface area contributed by atoms with E-state index in [2.05, 4.69) is 5.32 Å². The molecule has 0 radical (unpaired) electrons. The van der Waals surface area contributed by atoms with Crippen molar-refractivity contribution >= 4 is 29.6 Å². The van der Waals surface area contributed by atoms with Gasteiger partial charge in [-0.2, -0.15) is 0 Å². The van der Waals surface area contributed by atoms with Crippen LogP contribution in [0.25, 0.3) is 0 Å². The Morgan fingerprint density at radius 2 is 1.44 bits per heavy atom. The molecule has 0 bridgehead atoms. The summed E-state index contributed by atoms with van der Waals surface area (Å²) in [5.41, 5.74) is 0.197. The average molecular weight is 474 g/mol. The highest BCUT2D eigenvalue weighted by molar-refractivity contribution is 5.92. The molecule has 9 heteroatoms. The van der Waals surface area contributed by atoms with Gasteiger partial charge in [0, 0.05) is 37.8 Å². The molecule has 2 fully saturated rings. The van der Waals surface area contributed by atoms with Crippen molar-refractivity contribution in [2.75, 3.05) is 38.1 Å². The number of hydrogen-bond acceptors (Lipinski definition) is 6. The molecule has 1 N–H and O–H groups in total. The number of amides is 3. The Hall–Kier alpha value is -3.10. The summed E-state index contributed by atoms with van der Waals surface area (Å²) < 4.78 is 10.6. The maximum Gasteiger partial charge on any atom is 0.410 e. The fraction of sp³-hybridized carbons (Fsp3) is 0.600. The number of piperidine rings is 2. The van der Waals surface area contributed by atoms with E-state index in [-0.39, 0.29) is 36.4 Å². The van der Waals surface area contributed by atoms with Crippen LogP contribution in [0, 0.1) is 11.8 Å². The lowest BCUT2D eigenvalue weighted by Gasteiger charge is -2.33. The van der Waals surface area contributed by atoms with E-state index in [0.29, 0.717) is 51.9 Å². The molecular weight excluding hydrogens is 438 g/mol. The number of nitrogens with zero attached hydrogens (tertiary/aromatic N) is 2. The van der Waals surface area contributed by atoms with Crippen LogP contribution < -0.4 is 5.32 Å². The molecular formula is C25H35N3O6. The van der Waals surface area contributed by atoms with E-state index in [4.69, 9.17) is 9.47 Å². The van der Waals surface area contributed by atoms with Gasteiger partial charge in [0.05, 0.1) is 5.92 Å². The summed E-state index contributed by atoms with van der Waals surface area (Å²) >= 11 is 0. The van der Waals surface area contributed by atoms with Gasteiger partial charge < -0.3 is 24.6 Å². The number of carbonyl (C=O) groups excluding carboxylic acids is 4. The van der Waals surface area contributed by atoms with Gasteiger partial charge in [0.2, 0.25) is 5.91 Å². The molecule has 0 saturated carbocycles. The number of likely N-dealkylation sites (tertiary alicyclic amines) is 2. The summed E-state index contributed by atoms with van der Waals surface area (Å²) in [6.45, 7) is 6.89. The van der Waals surface area contributed by atoms with E-state index < -0.39 is 11.6 Å². The number of rotatable bonds is 5. The van der Waals surface area contributed by atoms with Crippen molar-refractivity contribution in [3.05, 3.63) is 30.3 Å². The van der Waals surface area contributed by atoms with Gasteiger partial charge in [-0.3, -0.25) is 14.4 Å². The summed E-state index contributed by atoms with van der Waals surface area (Å²) in [6, 6.07) is 9.29. The lowest BCUT2D eigenvalue weighted by atomic mass is 9.95. The first-order chi connectivity index (χ1) is 16.1. The molecule has 1 aromatic carbocycles. The summed E-state index contributed by atoms with van der Waals surface area (Å²) in [5, 5.41) is 2.91. The highest BCUT2D eigenvalue weighted by Crippen LogP contribution is 2.22. The van der Waals surface area contributed by atoms with Crippen molar-refractivity contribution in [3.8, 4) is 0 Å². The fourth-order valence-corrected chi connectivity index (χ4v) is 4.12. The van der Waals surface area contributed by atoms with E-state index in [9.17, 15) is 19.2 Å². The van der Waals surface area contributed by atoms with E-state index >= 15 is 0 Å². The second-order valence-electron chi connectivity index (χ2n) is 9.86. The average Bonchev–Trinajstić information content (AvgIpc) is 2.82. The van der Waals surface area contributed by atoms with Crippen LogP contribution in [-0.4, -0.2) is 72.1 Å². The van der Waals surface area contributed by atoms with Crippen molar-refractivity contribution < 1.29 is 28.7 Å². The minimum Gasteiger partial charge on any atom is -0.455 e. The number of anilines is 1. The zero-order valence-electron chi connectivity index (χ0n) is 20.2. The van der Waals surface area contributed by atoms with Crippen molar-refractivity contribution in [1.29, 1.82) is 0 Å². The zero-order chi connectivity index (χ0) is 24.7. The minimum atomic E-state index is -0.562. The Labute approximate surface area is 200 Å². The van der Waals surface area contributed by atoms with Crippen molar-refractivity contribution in [1.82, 2.24) is 9.80 Å². The molecule has 0 atom stereocenters. The molecule has 2 aliphatic rings. The van der Waals surface area contributed by atoms with Gasteiger partial charge in [-0.15, -0.1) is 0 Å². The summed E-state index contributed by atoms with van der Waals surface area (Å²) in [5.74, 6) is -1.18. The standard InChI is InChI=1S/C25H35N3O6/c1-25(2,3)34-24(32)28-15-11-19(12-16-28)23(31)33-17-21(29)27-13-9-18(10-14-27)22(30)26-20-7-5-4-6-8-20/h4-8,18-19H,9-17H2,1-3H3,(H,26,30). The normalized spacial score (nSPS) is 17.7. The van der Waals surface area contributed by atoms with E-state index in [1.54, 1.807) is 9.80 Å². The molecule has 186 valence electrons. The first-order valence-electron chi connectivity index (χ1n) is 11.9. The van der Waals surface area contributed by atoms with Crippen LogP contribution in [0.4, 0.5) is 10.5 Å². The third-order valence-electron chi connectivity index (χ3n) is 6.08. The lowest BCUT2D eigenvalue weighted by Crippen LogP contribution is -2.44. The Morgan fingerprint density at radius 1 is 0.882 bits per heavy atom. The molecule has 0 aromatic heterocycles. The van der Waals surface area contributed by atoms with Crippen molar-refractivity contribution in [3.63, 3.8) is 0 Å². The maximum atomic E-state index is 12.5. The number of esters is 1. The minimum absolute atomic E-state index is 0.0394. The Kier molecular flexibility index (Phi) is 8.52. The Bertz CT molecular complexity index is 866. The van der Waals surface area contributed by atoms with Crippen LogP contribution in [0.1, 0.15) is 46.5 Å². The topological polar surface area (TPSA) is 105 Å². The van der Waals surface area contributed by atoms with Crippen LogP contribution in [0.2, 0.25) is 0 Å². The van der Waals surface area contributed by atoms with E-state index in [1.807, 2.05) is 51.1 Å². The Balaban J connectivity index is 1.35. The fourth-order valence-electron chi connectivity index (χ4n) is 4.12. The van der Waals surface area contributed by atoms with Gasteiger partial charge in [0.25, 0.3) is 5.91 Å². The maximum absolute atomic E-state index is 12.5. The third kappa shape index (κ3) is 7.46. The van der Waals surface area contributed by atoms with Crippen LogP contribution >= 0.6 is 0 Å². The zero-order valence-corrected chi connectivity index (χ0v) is 20.2. The van der Waals surface area contributed by atoms with Crippen LogP contribution in [-0.2, 0) is 23.9 Å². The second kappa shape index (κ2) is 11.4. The predicted octanol–water partition coefficient (Wildman–Crippen LogP) is 3.05. The molecule has 0 aliphatic carbocycles. The molecule has 3 amide bonds. The number of hydrogen-bond donors (Lipinski definition) is 1. The van der Waals surface area contributed by atoms with Gasteiger partial charge in [-0.1, -0.05) is 18.2 Å². The summed E-state index contributed by atoms with van der Waals surface area (Å²) in [4.78, 5) is 52.8. The smallest absolute Gasteiger partial charge is 0.410 e. The van der Waals surface area contributed by atoms with Gasteiger partial charge >= 0.3 is 12.1 Å². The number of carbonyl (C=O) groups is 4. The Morgan fingerprint density at radius 3 is 2.03 bits per heavy atom. The first kappa shape index (κ1) is 25.5. The second-order valence-corrected chi connectivity index (χ2v) is 9.86. The van der Waals surface area contributed by atoms with Crippen molar-refractivity contribution in [2.45, 2.75) is 52.1 Å². The van der Waals surface area contributed by atoms with Gasteiger partial charge in [0.1, 0.15) is 5.60 Å². The first-order valence-corrected chi connectivity index (χ1v) is 11.9. The van der Waals surface area contributed by atoms with E-state index in [0.717, 1.165) is 5.69 Å². The number of benzene rings is 1. The van der Waals surface area contributed by atoms with Crippen molar-refractivity contribution in [2.24, 2.45) is 11.8 Å². The number of ether oxygens (including phenoxy) is 2. The van der Waals surface area contributed by atoms with Crippen LogP contribution in [0.3, 0.4) is 0 Å². The predicted molar refractivity (Wildman–Crippen MR) is 126 cm³/mol.